The molecule has 3 aromatic rings. The van der Waals surface area contributed by atoms with Crippen molar-refractivity contribution in [3.63, 3.8) is 0 Å². The van der Waals surface area contributed by atoms with Crippen LogP contribution in [0, 0.1) is 6.92 Å². The highest BCUT2D eigenvalue weighted by atomic mass is 79.9. The highest BCUT2D eigenvalue weighted by molar-refractivity contribution is 9.10. The molecule has 6 heteroatoms. The Morgan fingerprint density at radius 3 is 2.76 bits per heavy atom. The van der Waals surface area contributed by atoms with E-state index >= 15 is 0 Å². The molecular formula is C15H16BrN5. The van der Waals surface area contributed by atoms with Crippen molar-refractivity contribution in [2.24, 2.45) is 0 Å². The second-order valence-electron chi connectivity index (χ2n) is 5.20. The monoisotopic (exact) mass is 345 g/mol. The number of nitrogens with zero attached hydrogens (tertiary/aromatic N) is 4. The summed E-state index contributed by atoms with van der Waals surface area (Å²) in [6, 6.07) is 8.30. The summed E-state index contributed by atoms with van der Waals surface area (Å²) in [4.78, 5) is 8.76. The van der Waals surface area contributed by atoms with Gasteiger partial charge in [0.15, 0.2) is 5.65 Å². The molecule has 3 rings (SSSR count). The largest absolute Gasteiger partial charge is 0.367 e. The van der Waals surface area contributed by atoms with Gasteiger partial charge in [-0.1, -0.05) is 22.0 Å². The predicted molar refractivity (Wildman–Crippen MR) is 87.9 cm³/mol. The van der Waals surface area contributed by atoms with Gasteiger partial charge < -0.3 is 5.32 Å². The zero-order chi connectivity index (χ0) is 15.0. The van der Waals surface area contributed by atoms with Crippen LogP contribution < -0.4 is 5.32 Å². The lowest BCUT2D eigenvalue weighted by atomic mass is 10.2. The van der Waals surface area contributed by atoms with Crippen molar-refractivity contribution in [1.82, 2.24) is 19.7 Å². The quantitative estimate of drug-likeness (QED) is 0.786. The molecule has 0 saturated heterocycles. The van der Waals surface area contributed by atoms with Gasteiger partial charge in [0.25, 0.3) is 0 Å². The number of halogens is 1. The van der Waals surface area contributed by atoms with Crippen LogP contribution in [0.25, 0.3) is 16.7 Å². The number of benzene rings is 1. The fraction of sp³-hybridized carbons (Fsp3) is 0.267. The summed E-state index contributed by atoms with van der Waals surface area (Å²) >= 11 is 3.49. The Bertz CT molecular complexity index is 794. The van der Waals surface area contributed by atoms with E-state index in [4.69, 9.17) is 0 Å². The van der Waals surface area contributed by atoms with Crippen LogP contribution in [-0.4, -0.2) is 25.8 Å². The summed E-state index contributed by atoms with van der Waals surface area (Å²) in [7, 11) is 0. The second-order valence-corrected chi connectivity index (χ2v) is 6.11. The van der Waals surface area contributed by atoms with Gasteiger partial charge in [0.05, 0.1) is 16.8 Å². The Labute approximate surface area is 131 Å². The van der Waals surface area contributed by atoms with Gasteiger partial charge in [0.1, 0.15) is 12.1 Å². The van der Waals surface area contributed by atoms with E-state index in [1.54, 1.807) is 6.33 Å². The molecule has 0 amide bonds. The van der Waals surface area contributed by atoms with Crippen molar-refractivity contribution in [2.45, 2.75) is 26.8 Å². The minimum Gasteiger partial charge on any atom is -0.367 e. The smallest absolute Gasteiger partial charge is 0.168 e. The second kappa shape index (κ2) is 5.44. The zero-order valence-corrected chi connectivity index (χ0v) is 13.7. The molecule has 21 heavy (non-hydrogen) atoms. The molecule has 0 radical (unpaired) electrons. The van der Waals surface area contributed by atoms with Gasteiger partial charge in [0, 0.05) is 10.5 Å². The molecule has 0 atom stereocenters. The van der Waals surface area contributed by atoms with Crippen molar-refractivity contribution >= 4 is 32.8 Å². The average molecular weight is 346 g/mol. The fourth-order valence-electron chi connectivity index (χ4n) is 2.29. The SMILES string of the molecule is Cc1nn(-c2cccc(Br)c2)c2ncnc(NC(C)C)c12. The van der Waals surface area contributed by atoms with Gasteiger partial charge in [-0.15, -0.1) is 0 Å². The molecule has 0 unspecified atom stereocenters. The number of anilines is 1. The van der Waals surface area contributed by atoms with Gasteiger partial charge in [-0.25, -0.2) is 14.6 Å². The standard InChI is InChI=1S/C15H16BrN5/c1-9(2)19-14-13-10(3)20-21(15(13)18-8-17-14)12-6-4-5-11(16)7-12/h4-9H,1-3H3,(H,17,18,19). The lowest BCUT2D eigenvalue weighted by Crippen LogP contribution is -2.11. The van der Waals surface area contributed by atoms with Crippen LogP contribution in [0.1, 0.15) is 19.5 Å². The van der Waals surface area contributed by atoms with Crippen LogP contribution >= 0.6 is 15.9 Å². The Morgan fingerprint density at radius 2 is 2.05 bits per heavy atom. The molecule has 0 aliphatic rings. The van der Waals surface area contributed by atoms with Crippen LogP contribution in [-0.2, 0) is 0 Å². The van der Waals surface area contributed by atoms with Crippen molar-refractivity contribution < 1.29 is 0 Å². The maximum atomic E-state index is 4.62. The van der Waals surface area contributed by atoms with E-state index in [0.29, 0.717) is 6.04 Å². The first kappa shape index (κ1) is 14.0. The van der Waals surface area contributed by atoms with E-state index in [2.05, 4.69) is 50.2 Å². The normalized spacial score (nSPS) is 11.3. The van der Waals surface area contributed by atoms with Crippen molar-refractivity contribution in [1.29, 1.82) is 0 Å². The van der Waals surface area contributed by atoms with Crippen LogP contribution in [0.4, 0.5) is 5.82 Å². The van der Waals surface area contributed by atoms with Gasteiger partial charge in [-0.3, -0.25) is 0 Å². The van der Waals surface area contributed by atoms with Crippen molar-refractivity contribution in [2.75, 3.05) is 5.32 Å². The van der Waals surface area contributed by atoms with E-state index in [0.717, 1.165) is 32.7 Å². The summed E-state index contributed by atoms with van der Waals surface area (Å²) in [5, 5.41) is 8.94. The number of aryl methyl sites for hydroxylation is 1. The number of rotatable bonds is 3. The number of nitrogens with one attached hydrogen (secondary N) is 1. The van der Waals surface area contributed by atoms with E-state index in [9.17, 15) is 0 Å². The molecule has 0 aliphatic heterocycles. The first-order valence-corrected chi connectivity index (χ1v) is 7.58. The Morgan fingerprint density at radius 1 is 1.24 bits per heavy atom. The Hall–Kier alpha value is -1.95. The number of hydrogen-bond acceptors (Lipinski definition) is 4. The van der Waals surface area contributed by atoms with Crippen LogP contribution in [0.15, 0.2) is 35.1 Å². The van der Waals surface area contributed by atoms with E-state index in [1.165, 1.54) is 0 Å². The molecule has 0 fully saturated rings. The molecule has 1 aromatic carbocycles. The Kier molecular flexibility index (Phi) is 3.63. The lowest BCUT2D eigenvalue weighted by Gasteiger charge is -2.09. The van der Waals surface area contributed by atoms with Gasteiger partial charge >= 0.3 is 0 Å². The number of aromatic nitrogens is 4. The van der Waals surface area contributed by atoms with Gasteiger partial charge in [-0.05, 0) is 39.0 Å². The maximum Gasteiger partial charge on any atom is 0.168 e. The number of hydrogen-bond donors (Lipinski definition) is 1. The molecule has 2 heterocycles. The number of fused-ring (bicyclic) bond motifs is 1. The maximum absolute atomic E-state index is 4.62. The van der Waals surface area contributed by atoms with Crippen LogP contribution in [0.2, 0.25) is 0 Å². The average Bonchev–Trinajstić information content (AvgIpc) is 2.77. The van der Waals surface area contributed by atoms with Crippen LogP contribution in [0.3, 0.4) is 0 Å². The Balaban J connectivity index is 2.22. The summed E-state index contributed by atoms with van der Waals surface area (Å²) in [6.07, 6.45) is 1.57. The third-order valence-electron chi connectivity index (χ3n) is 3.12. The molecular weight excluding hydrogens is 330 g/mol. The fourth-order valence-corrected chi connectivity index (χ4v) is 2.68. The molecule has 0 spiro atoms. The molecule has 0 bridgehead atoms. The van der Waals surface area contributed by atoms with Crippen molar-refractivity contribution in [3.05, 3.63) is 40.8 Å². The predicted octanol–water partition coefficient (Wildman–Crippen LogP) is 3.71. The first-order valence-electron chi connectivity index (χ1n) is 6.79. The van der Waals surface area contributed by atoms with E-state index in [-0.39, 0.29) is 0 Å². The minimum absolute atomic E-state index is 0.303. The van der Waals surface area contributed by atoms with E-state index in [1.807, 2.05) is 35.9 Å². The zero-order valence-electron chi connectivity index (χ0n) is 12.1. The minimum atomic E-state index is 0.303. The molecule has 0 aliphatic carbocycles. The van der Waals surface area contributed by atoms with Crippen molar-refractivity contribution in [3.8, 4) is 5.69 Å². The summed E-state index contributed by atoms with van der Waals surface area (Å²) in [6.45, 7) is 6.15. The summed E-state index contributed by atoms with van der Waals surface area (Å²) in [5.74, 6) is 0.828. The third kappa shape index (κ3) is 2.63. The first-order chi connectivity index (χ1) is 10.1. The van der Waals surface area contributed by atoms with Gasteiger partial charge in [0.2, 0.25) is 0 Å². The third-order valence-corrected chi connectivity index (χ3v) is 3.61. The highest BCUT2D eigenvalue weighted by Gasteiger charge is 2.15. The molecule has 2 aromatic heterocycles. The molecule has 1 N–H and O–H groups in total. The summed E-state index contributed by atoms with van der Waals surface area (Å²) < 4.78 is 2.86. The lowest BCUT2D eigenvalue weighted by molar-refractivity contribution is 0.874. The van der Waals surface area contributed by atoms with E-state index < -0.39 is 0 Å². The van der Waals surface area contributed by atoms with Gasteiger partial charge in [-0.2, -0.15) is 5.10 Å². The molecule has 0 saturated carbocycles. The molecule has 5 nitrogen and oxygen atoms in total. The van der Waals surface area contributed by atoms with Crippen LogP contribution in [0.5, 0.6) is 0 Å². The highest BCUT2D eigenvalue weighted by Crippen LogP contribution is 2.26. The summed E-state index contributed by atoms with van der Waals surface area (Å²) in [5.41, 5.74) is 2.69. The topological polar surface area (TPSA) is 55.6 Å². The molecule has 108 valence electrons.